The average Bonchev–Trinajstić information content (AvgIpc) is 2.81. The minimum atomic E-state index is 1.27. The molecule has 0 heteroatoms. The van der Waals surface area contributed by atoms with Crippen molar-refractivity contribution in [3.8, 4) is 0 Å². The fraction of sp³-hybridized carbons (Fsp3) is 0.706. The van der Waals surface area contributed by atoms with E-state index in [1.165, 1.54) is 140 Å². The van der Waals surface area contributed by atoms with Crippen LogP contribution in [0, 0.1) is 0 Å². The number of unbranched alkanes of at least 4 members (excludes halogenated alkanes) is 16. The third-order valence-corrected chi connectivity index (χ3v) is 6.94. The number of hydrogen-bond donors (Lipinski definition) is 0. The first-order valence-electron chi connectivity index (χ1n) is 14.9. The molecule has 0 bridgehead atoms. The maximum atomic E-state index is 2.49. The normalized spacial score (nSPS) is 10.9. The molecular weight excluding hydrogens is 408 g/mol. The Hall–Kier alpha value is -1.30. The lowest BCUT2D eigenvalue weighted by molar-refractivity contribution is 0.568. The largest absolute Gasteiger partial charge is 0.0859 e. The first kappa shape index (κ1) is 30.7. The molecule has 1 rings (SSSR count). The first-order valence-corrected chi connectivity index (χ1v) is 14.9. The van der Waals surface area contributed by atoms with Gasteiger partial charge in [0.15, 0.2) is 0 Å². The summed E-state index contributed by atoms with van der Waals surface area (Å²) in [5.74, 6) is 0. The van der Waals surface area contributed by atoms with Crippen LogP contribution in [0.4, 0.5) is 0 Å². The highest BCUT2D eigenvalue weighted by Gasteiger charge is 1.99. The van der Waals surface area contributed by atoms with E-state index in [2.05, 4.69) is 64.1 Å². The molecule has 0 fully saturated rings. The molecule has 0 aliphatic heterocycles. The smallest absolute Gasteiger partial charge is 0.0279 e. The monoisotopic (exact) mass is 466 g/mol. The van der Waals surface area contributed by atoms with Gasteiger partial charge in [-0.25, -0.2) is 0 Å². The number of allylic oxidation sites excluding steroid dienone is 4. The molecule has 0 saturated heterocycles. The van der Waals surface area contributed by atoms with Gasteiger partial charge in [-0.1, -0.05) is 125 Å². The lowest BCUT2D eigenvalue weighted by Crippen LogP contribution is -1.91. The van der Waals surface area contributed by atoms with E-state index < -0.39 is 0 Å². The molecule has 0 spiro atoms. The van der Waals surface area contributed by atoms with Crippen molar-refractivity contribution >= 4 is 0 Å². The summed E-state index contributed by atoms with van der Waals surface area (Å²) >= 11 is 0. The van der Waals surface area contributed by atoms with Gasteiger partial charge in [0, 0.05) is 0 Å². The quantitative estimate of drug-likeness (QED) is 0.118. The summed E-state index contributed by atoms with van der Waals surface area (Å²) < 4.78 is 0. The van der Waals surface area contributed by atoms with Crippen LogP contribution in [0.25, 0.3) is 0 Å². The van der Waals surface area contributed by atoms with Gasteiger partial charge in [-0.05, 0) is 90.2 Å². The maximum absolute atomic E-state index is 2.49. The standard InChI is InChI=1S/C34H58/c1-31(2)24-19-15-11-7-5-9-13-17-21-26-33-28-23-29-34(30-33)27-22-18-14-10-6-8-12-16-20-25-32(3)4/h23-25,28-30H,5-22,26-27H2,1-4H3. The summed E-state index contributed by atoms with van der Waals surface area (Å²) in [5, 5.41) is 0. The van der Waals surface area contributed by atoms with Crippen molar-refractivity contribution in [2.24, 2.45) is 0 Å². The second-order valence-electron chi connectivity index (χ2n) is 11.1. The molecule has 0 atom stereocenters. The van der Waals surface area contributed by atoms with Crippen LogP contribution >= 0.6 is 0 Å². The summed E-state index contributed by atoms with van der Waals surface area (Å²) in [5.41, 5.74) is 6.05. The molecule has 1 aromatic carbocycles. The molecule has 0 heterocycles. The van der Waals surface area contributed by atoms with Gasteiger partial charge in [-0.3, -0.25) is 0 Å². The molecule has 0 N–H and O–H groups in total. The summed E-state index contributed by atoms with van der Waals surface area (Å²) in [6.07, 6.45) is 32.3. The number of benzene rings is 1. The Labute approximate surface area is 214 Å². The molecular formula is C34H58. The van der Waals surface area contributed by atoms with Crippen molar-refractivity contribution in [2.45, 2.75) is 156 Å². The number of aryl methyl sites for hydroxylation is 2. The Morgan fingerprint density at radius 1 is 0.471 bits per heavy atom. The molecule has 0 nitrogen and oxygen atoms in total. The zero-order chi connectivity index (χ0) is 24.7. The average molecular weight is 467 g/mol. The molecule has 194 valence electrons. The highest BCUT2D eigenvalue weighted by molar-refractivity contribution is 5.23. The van der Waals surface area contributed by atoms with Crippen LogP contribution in [0.15, 0.2) is 47.6 Å². The van der Waals surface area contributed by atoms with E-state index in [4.69, 9.17) is 0 Å². The lowest BCUT2D eigenvalue weighted by atomic mass is 9.99. The van der Waals surface area contributed by atoms with Crippen LogP contribution in [0.3, 0.4) is 0 Å². The van der Waals surface area contributed by atoms with E-state index in [-0.39, 0.29) is 0 Å². The molecule has 0 amide bonds. The van der Waals surface area contributed by atoms with Gasteiger partial charge >= 0.3 is 0 Å². The molecule has 0 radical (unpaired) electrons. The molecule has 0 unspecified atom stereocenters. The van der Waals surface area contributed by atoms with E-state index in [0.717, 1.165) is 0 Å². The molecule has 1 aromatic rings. The third-order valence-electron chi connectivity index (χ3n) is 6.94. The Morgan fingerprint density at radius 3 is 1.15 bits per heavy atom. The van der Waals surface area contributed by atoms with E-state index in [0.29, 0.717) is 0 Å². The van der Waals surface area contributed by atoms with Crippen molar-refractivity contribution in [1.82, 2.24) is 0 Å². The minimum Gasteiger partial charge on any atom is -0.0859 e. The van der Waals surface area contributed by atoms with Crippen molar-refractivity contribution < 1.29 is 0 Å². The fourth-order valence-corrected chi connectivity index (χ4v) is 4.79. The summed E-state index contributed by atoms with van der Waals surface area (Å²) in [6, 6.07) is 9.45. The van der Waals surface area contributed by atoms with Crippen molar-refractivity contribution in [3.63, 3.8) is 0 Å². The van der Waals surface area contributed by atoms with Crippen LogP contribution in [0.2, 0.25) is 0 Å². The molecule has 34 heavy (non-hydrogen) atoms. The Morgan fingerprint density at radius 2 is 0.794 bits per heavy atom. The zero-order valence-electron chi connectivity index (χ0n) is 23.6. The van der Waals surface area contributed by atoms with Gasteiger partial charge in [0.2, 0.25) is 0 Å². The topological polar surface area (TPSA) is 0 Å². The van der Waals surface area contributed by atoms with E-state index in [9.17, 15) is 0 Å². The van der Waals surface area contributed by atoms with Gasteiger partial charge in [0.05, 0.1) is 0 Å². The van der Waals surface area contributed by atoms with Crippen LogP contribution < -0.4 is 0 Å². The van der Waals surface area contributed by atoms with E-state index in [1.54, 1.807) is 11.1 Å². The predicted molar refractivity (Wildman–Crippen MR) is 156 cm³/mol. The Balaban J connectivity index is 1.96. The Bertz CT molecular complexity index is 587. The zero-order valence-corrected chi connectivity index (χ0v) is 23.6. The van der Waals surface area contributed by atoms with Crippen LogP contribution in [-0.4, -0.2) is 0 Å². The van der Waals surface area contributed by atoms with Crippen molar-refractivity contribution in [2.75, 3.05) is 0 Å². The van der Waals surface area contributed by atoms with Gasteiger partial charge in [-0.2, -0.15) is 0 Å². The molecule has 0 aliphatic rings. The lowest BCUT2D eigenvalue weighted by Gasteiger charge is -2.06. The van der Waals surface area contributed by atoms with E-state index >= 15 is 0 Å². The molecule has 0 aromatic heterocycles. The fourth-order valence-electron chi connectivity index (χ4n) is 4.79. The summed E-state index contributed by atoms with van der Waals surface area (Å²) in [6.45, 7) is 8.81. The Kier molecular flexibility index (Phi) is 20.0. The summed E-state index contributed by atoms with van der Waals surface area (Å²) in [7, 11) is 0. The highest BCUT2D eigenvalue weighted by Crippen LogP contribution is 2.16. The third kappa shape index (κ3) is 20.1. The number of rotatable bonds is 22. The predicted octanol–water partition coefficient (Wildman–Crippen LogP) is 11.7. The van der Waals surface area contributed by atoms with Crippen molar-refractivity contribution in [3.05, 3.63) is 58.7 Å². The highest BCUT2D eigenvalue weighted by atomic mass is 14.0. The van der Waals surface area contributed by atoms with Gasteiger partial charge in [0.1, 0.15) is 0 Å². The van der Waals surface area contributed by atoms with Crippen LogP contribution in [0.1, 0.15) is 154 Å². The van der Waals surface area contributed by atoms with Crippen LogP contribution in [-0.2, 0) is 12.8 Å². The molecule has 0 aliphatic carbocycles. The van der Waals surface area contributed by atoms with Gasteiger partial charge in [-0.15, -0.1) is 0 Å². The second kappa shape index (κ2) is 22.2. The van der Waals surface area contributed by atoms with E-state index in [1.807, 2.05) is 0 Å². The van der Waals surface area contributed by atoms with Gasteiger partial charge in [0.25, 0.3) is 0 Å². The summed E-state index contributed by atoms with van der Waals surface area (Å²) in [4.78, 5) is 0. The SMILES string of the molecule is CC(C)=CCCCCCCCCCCc1cccc(CCCCCCCCCCC=C(C)C)c1. The first-order chi connectivity index (χ1) is 16.6. The second-order valence-corrected chi connectivity index (χ2v) is 11.1. The molecule has 0 saturated carbocycles. The van der Waals surface area contributed by atoms with Crippen molar-refractivity contribution in [1.29, 1.82) is 0 Å². The number of hydrogen-bond acceptors (Lipinski definition) is 0. The van der Waals surface area contributed by atoms with Gasteiger partial charge < -0.3 is 0 Å². The minimum absolute atomic E-state index is 1.27. The maximum Gasteiger partial charge on any atom is -0.0279 e. The van der Waals surface area contributed by atoms with Crippen LogP contribution in [0.5, 0.6) is 0 Å².